The van der Waals surface area contributed by atoms with Gasteiger partial charge in [0.1, 0.15) is 11.2 Å². The van der Waals surface area contributed by atoms with Gasteiger partial charge >= 0.3 is 0 Å². The fourth-order valence-corrected chi connectivity index (χ4v) is 9.29. The Labute approximate surface area is 335 Å². The Bertz CT molecular complexity index is 3570. The highest BCUT2D eigenvalue weighted by Crippen LogP contribution is 2.49. The van der Waals surface area contributed by atoms with Crippen LogP contribution in [0.1, 0.15) is 0 Å². The first-order chi connectivity index (χ1) is 28.8. The standard InChI is InChI=1S/C56H35NO/c1-4-16-44-37(11-1)14-9-20-47(44)48-33-34-52(55-49-19-7-8-22-53(49)58-56(48)55)57(51-21-10-15-41-27-25-39-13-3-6-18-46(39)54(41)51)43-31-29-36(30-32-43)42-28-26-40-24-23-38-12-2-5-17-45(38)50(40)35-42/h1-35H. The highest BCUT2D eigenvalue weighted by molar-refractivity contribution is 6.21. The van der Waals surface area contributed by atoms with E-state index >= 15 is 0 Å². The second kappa shape index (κ2) is 12.9. The van der Waals surface area contributed by atoms with E-state index in [1.54, 1.807) is 0 Å². The minimum atomic E-state index is 0.869. The molecule has 2 heteroatoms. The fourth-order valence-electron chi connectivity index (χ4n) is 9.29. The van der Waals surface area contributed by atoms with Crippen LogP contribution < -0.4 is 4.90 Å². The minimum Gasteiger partial charge on any atom is -0.455 e. The molecule has 12 aromatic rings. The average molecular weight is 738 g/mol. The number of anilines is 3. The summed E-state index contributed by atoms with van der Waals surface area (Å²) in [6.07, 6.45) is 0. The lowest BCUT2D eigenvalue weighted by Crippen LogP contribution is -2.11. The van der Waals surface area contributed by atoms with E-state index in [-0.39, 0.29) is 0 Å². The Morgan fingerprint density at radius 3 is 1.67 bits per heavy atom. The molecule has 0 N–H and O–H groups in total. The lowest BCUT2D eigenvalue weighted by molar-refractivity contribution is 0.670. The summed E-state index contributed by atoms with van der Waals surface area (Å²) in [6.45, 7) is 0. The average Bonchev–Trinajstić information content (AvgIpc) is 3.69. The van der Waals surface area contributed by atoms with E-state index in [2.05, 4.69) is 217 Å². The van der Waals surface area contributed by atoms with Gasteiger partial charge in [-0.25, -0.2) is 0 Å². The van der Waals surface area contributed by atoms with E-state index in [0.717, 1.165) is 50.1 Å². The van der Waals surface area contributed by atoms with E-state index in [1.807, 2.05) is 0 Å². The number of nitrogens with zero attached hydrogens (tertiary/aromatic N) is 1. The smallest absolute Gasteiger partial charge is 0.145 e. The second-order valence-electron chi connectivity index (χ2n) is 15.2. The summed E-state index contributed by atoms with van der Waals surface area (Å²) < 4.78 is 6.92. The molecular formula is C56H35NO. The molecule has 2 nitrogen and oxygen atoms in total. The Morgan fingerprint density at radius 2 is 0.862 bits per heavy atom. The second-order valence-corrected chi connectivity index (χ2v) is 15.2. The van der Waals surface area contributed by atoms with Gasteiger partial charge in [-0.05, 0) is 108 Å². The van der Waals surface area contributed by atoms with E-state index in [0.29, 0.717) is 0 Å². The molecule has 0 aliphatic heterocycles. The molecule has 0 radical (unpaired) electrons. The van der Waals surface area contributed by atoms with Gasteiger partial charge < -0.3 is 9.32 Å². The highest BCUT2D eigenvalue weighted by Gasteiger charge is 2.24. The molecule has 1 aromatic heterocycles. The summed E-state index contributed by atoms with van der Waals surface area (Å²) >= 11 is 0. The predicted molar refractivity (Wildman–Crippen MR) is 247 cm³/mol. The van der Waals surface area contributed by atoms with Crippen molar-refractivity contribution in [2.75, 3.05) is 4.90 Å². The number of fused-ring (bicyclic) bond motifs is 10. The van der Waals surface area contributed by atoms with E-state index < -0.39 is 0 Å². The van der Waals surface area contributed by atoms with Crippen LogP contribution in [-0.2, 0) is 0 Å². The summed E-state index contributed by atoms with van der Waals surface area (Å²) in [6, 6.07) is 77.1. The molecule has 1 heterocycles. The molecule has 0 saturated heterocycles. The Hall–Kier alpha value is -7.68. The molecule has 0 bridgehead atoms. The zero-order valence-corrected chi connectivity index (χ0v) is 31.6. The molecule has 0 atom stereocenters. The van der Waals surface area contributed by atoms with Crippen molar-refractivity contribution >= 4 is 92.9 Å². The third kappa shape index (κ3) is 5.05. The third-order valence-electron chi connectivity index (χ3n) is 12.0. The molecule has 0 saturated carbocycles. The fraction of sp³-hybridized carbons (Fsp3) is 0. The maximum atomic E-state index is 6.92. The summed E-state index contributed by atoms with van der Waals surface area (Å²) in [4.78, 5) is 2.45. The molecule has 270 valence electrons. The van der Waals surface area contributed by atoms with Gasteiger partial charge in [0.2, 0.25) is 0 Å². The van der Waals surface area contributed by atoms with Gasteiger partial charge in [0.05, 0.1) is 16.8 Å². The van der Waals surface area contributed by atoms with Crippen molar-refractivity contribution in [3.8, 4) is 22.3 Å². The number of hydrogen-bond donors (Lipinski definition) is 0. The zero-order chi connectivity index (χ0) is 38.2. The van der Waals surface area contributed by atoms with Crippen molar-refractivity contribution in [1.29, 1.82) is 0 Å². The van der Waals surface area contributed by atoms with Gasteiger partial charge in [-0.1, -0.05) is 170 Å². The summed E-state index contributed by atoms with van der Waals surface area (Å²) in [5.41, 5.74) is 9.60. The monoisotopic (exact) mass is 737 g/mol. The van der Waals surface area contributed by atoms with Crippen molar-refractivity contribution in [1.82, 2.24) is 0 Å². The van der Waals surface area contributed by atoms with Crippen LogP contribution >= 0.6 is 0 Å². The summed E-state index contributed by atoms with van der Waals surface area (Å²) in [5.74, 6) is 0. The molecule has 58 heavy (non-hydrogen) atoms. The van der Waals surface area contributed by atoms with Crippen LogP contribution in [0.3, 0.4) is 0 Å². The van der Waals surface area contributed by atoms with Crippen molar-refractivity contribution in [3.63, 3.8) is 0 Å². The maximum absolute atomic E-state index is 6.92. The SMILES string of the molecule is c1ccc2c(-c3ccc(N(c4ccc(-c5ccc6ccc7ccccc7c6c5)cc4)c4cccc5ccc6ccccc6c45)c4c3oc3ccccc34)cccc2c1. The van der Waals surface area contributed by atoms with E-state index in [1.165, 1.54) is 65.0 Å². The van der Waals surface area contributed by atoms with E-state index in [9.17, 15) is 0 Å². The molecule has 0 amide bonds. The van der Waals surface area contributed by atoms with E-state index in [4.69, 9.17) is 4.42 Å². The first kappa shape index (κ1) is 32.6. The topological polar surface area (TPSA) is 16.4 Å². The summed E-state index contributed by atoms with van der Waals surface area (Å²) in [7, 11) is 0. The number of furan rings is 1. The van der Waals surface area contributed by atoms with Crippen LogP contribution in [0.5, 0.6) is 0 Å². The van der Waals surface area contributed by atoms with Crippen molar-refractivity contribution in [2.45, 2.75) is 0 Å². The molecule has 0 aliphatic rings. The first-order valence-electron chi connectivity index (χ1n) is 19.9. The van der Waals surface area contributed by atoms with Crippen LogP contribution in [0, 0.1) is 0 Å². The lowest BCUT2D eigenvalue weighted by Gasteiger charge is -2.28. The number of benzene rings is 11. The third-order valence-corrected chi connectivity index (χ3v) is 12.0. The Morgan fingerprint density at radius 1 is 0.310 bits per heavy atom. The van der Waals surface area contributed by atoms with Gasteiger partial charge in [0.25, 0.3) is 0 Å². The van der Waals surface area contributed by atoms with Gasteiger partial charge in [-0.3, -0.25) is 0 Å². The van der Waals surface area contributed by atoms with Gasteiger partial charge in [0, 0.05) is 22.0 Å². The maximum Gasteiger partial charge on any atom is 0.145 e. The molecule has 0 unspecified atom stereocenters. The molecule has 11 aromatic carbocycles. The van der Waals surface area contributed by atoms with Gasteiger partial charge in [-0.15, -0.1) is 0 Å². The molecular weight excluding hydrogens is 703 g/mol. The minimum absolute atomic E-state index is 0.869. The van der Waals surface area contributed by atoms with Gasteiger partial charge in [-0.2, -0.15) is 0 Å². The van der Waals surface area contributed by atoms with Crippen LogP contribution in [0.4, 0.5) is 17.1 Å². The zero-order valence-electron chi connectivity index (χ0n) is 31.6. The van der Waals surface area contributed by atoms with Crippen molar-refractivity contribution in [3.05, 3.63) is 212 Å². The normalized spacial score (nSPS) is 11.8. The number of hydrogen-bond acceptors (Lipinski definition) is 2. The van der Waals surface area contributed by atoms with Crippen molar-refractivity contribution in [2.24, 2.45) is 0 Å². The molecule has 12 rings (SSSR count). The lowest BCUT2D eigenvalue weighted by atomic mass is 9.94. The Balaban J connectivity index is 1.12. The number of para-hydroxylation sites is 1. The first-order valence-corrected chi connectivity index (χ1v) is 19.9. The largest absolute Gasteiger partial charge is 0.455 e. The van der Waals surface area contributed by atoms with Crippen LogP contribution in [0.25, 0.3) is 98.1 Å². The predicted octanol–water partition coefficient (Wildman–Crippen LogP) is 16.2. The molecule has 0 fully saturated rings. The highest BCUT2D eigenvalue weighted by atomic mass is 16.3. The summed E-state index contributed by atoms with van der Waals surface area (Å²) in [5, 5.41) is 14.5. The number of rotatable bonds is 5. The van der Waals surface area contributed by atoms with Crippen molar-refractivity contribution < 1.29 is 4.42 Å². The quantitative estimate of drug-likeness (QED) is 0.164. The van der Waals surface area contributed by atoms with Crippen LogP contribution in [0.2, 0.25) is 0 Å². The Kier molecular flexibility index (Phi) is 7.26. The van der Waals surface area contributed by atoms with Gasteiger partial charge in [0.15, 0.2) is 0 Å². The molecule has 0 aliphatic carbocycles. The van der Waals surface area contributed by atoms with Crippen LogP contribution in [0.15, 0.2) is 217 Å². The van der Waals surface area contributed by atoms with Crippen LogP contribution in [-0.4, -0.2) is 0 Å². The molecule has 0 spiro atoms.